The molecule has 0 aromatic heterocycles. The summed E-state index contributed by atoms with van der Waals surface area (Å²) >= 11 is 0. The summed E-state index contributed by atoms with van der Waals surface area (Å²) < 4.78 is 5.44. The summed E-state index contributed by atoms with van der Waals surface area (Å²) in [5.41, 5.74) is 2.47. The monoisotopic (exact) mass is 436 g/mol. The molecule has 1 saturated heterocycles. The summed E-state index contributed by atoms with van der Waals surface area (Å²) in [7, 11) is 3.46. The lowest BCUT2D eigenvalue weighted by Crippen LogP contribution is -2.45. The number of carbonyl (C=O) groups excluding carboxylic acids is 2. The summed E-state index contributed by atoms with van der Waals surface area (Å²) in [4.78, 5) is 30.7. The first kappa shape index (κ1) is 23.3. The number of piperidine rings is 1. The van der Waals surface area contributed by atoms with Gasteiger partial charge in [-0.1, -0.05) is 42.5 Å². The smallest absolute Gasteiger partial charge is 0.338 e. The number of esters is 1. The molecular weight excluding hydrogens is 404 g/mol. The van der Waals surface area contributed by atoms with Gasteiger partial charge in [-0.15, -0.1) is 0 Å². The summed E-state index contributed by atoms with van der Waals surface area (Å²) in [5.74, 6) is 1.02. The van der Waals surface area contributed by atoms with Crippen molar-refractivity contribution in [2.24, 2.45) is 10.9 Å². The number of amides is 1. The molecule has 1 heterocycles. The van der Waals surface area contributed by atoms with Crippen LogP contribution in [-0.4, -0.2) is 49.9 Å². The second-order valence-corrected chi connectivity index (χ2v) is 7.97. The van der Waals surface area contributed by atoms with Crippen molar-refractivity contribution in [1.82, 2.24) is 15.5 Å². The van der Waals surface area contributed by atoms with Crippen molar-refractivity contribution < 1.29 is 14.3 Å². The van der Waals surface area contributed by atoms with Crippen LogP contribution in [0.15, 0.2) is 59.6 Å². The van der Waals surface area contributed by atoms with E-state index in [1.54, 1.807) is 20.2 Å². The van der Waals surface area contributed by atoms with E-state index in [-0.39, 0.29) is 18.5 Å². The Balaban J connectivity index is 1.49. The largest absolute Gasteiger partial charge is 0.457 e. The minimum Gasteiger partial charge on any atom is -0.457 e. The highest BCUT2D eigenvalue weighted by atomic mass is 16.5. The zero-order valence-electron chi connectivity index (χ0n) is 18.8. The maximum absolute atomic E-state index is 12.4. The van der Waals surface area contributed by atoms with E-state index in [1.165, 1.54) is 0 Å². The first-order valence-electron chi connectivity index (χ1n) is 11.0. The standard InChI is InChI=1S/C25H32N4O3/c1-26-23(30)16-19-11-13-29(14-12-19)25(27-2)28-17-21-9-6-10-22(15-21)24(31)32-18-20-7-4-3-5-8-20/h3-10,15,19H,11-14,16-18H2,1-2H3,(H,26,30)(H,27,28). The van der Waals surface area contributed by atoms with Crippen LogP contribution in [0.1, 0.15) is 40.7 Å². The molecule has 2 N–H and O–H groups in total. The number of hydrogen-bond acceptors (Lipinski definition) is 4. The highest BCUT2D eigenvalue weighted by molar-refractivity contribution is 5.89. The number of hydrogen-bond donors (Lipinski definition) is 2. The maximum Gasteiger partial charge on any atom is 0.338 e. The molecule has 2 aromatic carbocycles. The Morgan fingerprint density at radius 3 is 2.47 bits per heavy atom. The van der Waals surface area contributed by atoms with E-state index in [1.807, 2.05) is 48.5 Å². The molecule has 0 radical (unpaired) electrons. The Morgan fingerprint density at radius 2 is 1.78 bits per heavy atom. The van der Waals surface area contributed by atoms with Crippen LogP contribution in [-0.2, 0) is 22.7 Å². The summed E-state index contributed by atoms with van der Waals surface area (Å²) in [6, 6.07) is 17.1. The van der Waals surface area contributed by atoms with E-state index >= 15 is 0 Å². The number of carbonyl (C=O) groups is 2. The van der Waals surface area contributed by atoms with Gasteiger partial charge in [0.1, 0.15) is 6.61 Å². The summed E-state index contributed by atoms with van der Waals surface area (Å²) in [6.45, 7) is 2.55. The van der Waals surface area contributed by atoms with E-state index in [0.29, 0.717) is 24.4 Å². The van der Waals surface area contributed by atoms with Gasteiger partial charge in [0.15, 0.2) is 5.96 Å². The molecular formula is C25H32N4O3. The van der Waals surface area contributed by atoms with Gasteiger partial charge in [-0.05, 0) is 42.0 Å². The average molecular weight is 437 g/mol. The van der Waals surface area contributed by atoms with Gasteiger partial charge in [-0.3, -0.25) is 9.79 Å². The van der Waals surface area contributed by atoms with Crippen LogP contribution >= 0.6 is 0 Å². The van der Waals surface area contributed by atoms with Gasteiger partial charge in [0.05, 0.1) is 5.56 Å². The highest BCUT2D eigenvalue weighted by Gasteiger charge is 2.23. The lowest BCUT2D eigenvalue weighted by molar-refractivity contribution is -0.121. The number of nitrogens with zero attached hydrogens (tertiary/aromatic N) is 2. The minimum atomic E-state index is -0.335. The van der Waals surface area contributed by atoms with Crippen molar-refractivity contribution in [3.63, 3.8) is 0 Å². The molecule has 7 nitrogen and oxygen atoms in total. The van der Waals surface area contributed by atoms with Crippen LogP contribution in [0.25, 0.3) is 0 Å². The molecule has 0 saturated carbocycles. The second-order valence-electron chi connectivity index (χ2n) is 7.97. The van der Waals surface area contributed by atoms with Crippen molar-refractivity contribution >= 4 is 17.8 Å². The van der Waals surface area contributed by atoms with Gasteiger partial charge in [-0.25, -0.2) is 4.79 Å². The minimum absolute atomic E-state index is 0.105. The number of aliphatic imine (C=N–C) groups is 1. The molecule has 0 aliphatic carbocycles. The third kappa shape index (κ3) is 6.83. The Morgan fingerprint density at radius 1 is 1.06 bits per heavy atom. The Labute approximate surface area is 189 Å². The lowest BCUT2D eigenvalue weighted by Gasteiger charge is -2.34. The van der Waals surface area contributed by atoms with Crippen LogP contribution < -0.4 is 10.6 Å². The van der Waals surface area contributed by atoms with Crippen LogP contribution in [0.2, 0.25) is 0 Å². The third-order valence-electron chi connectivity index (χ3n) is 5.70. The van der Waals surface area contributed by atoms with E-state index in [4.69, 9.17) is 4.74 Å². The van der Waals surface area contributed by atoms with Gasteiger partial charge < -0.3 is 20.3 Å². The predicted molar refractivity (Wildman–Crippen MR) is 125 cm³/mol. The molecule has 1 aliphatic heterocycles. The molecule has 0 spiro atoms. The van der Waals surface area contributed by atoms with Gasteiger partial charge in [0, 0.05) is 40.2 Å². The summed E-state index contributed by atoms with van der Waals surface area (Å²) in [6.07, 6.45) is 2.53. The maximum atomic E-state index is 12.4. The lowest BCUT2D eigenvalue weighted by atomic mass is 9.93. The molecule has 0 unspecified atom stereocenters. The first-order valence-corrected chi connectivity index (χ1v) is 11.0. The normalized spacial score (nSPS) is 14.7. The van der Waals surface area contributed by atoms with E-state index < -0.39 is 0 Å². The van der Waals surface area contributed by atoms with E-state index in [9.17, 15) is 9.59 Å². The first-order chi connectivity index (χ1) is 15.6. The second kappa shape index (κ2) is 11.9. The Kier molecular flexibility index (Phi) is 8.66. The third-order valence-corrected chi connectivity index (χ3v) is 5.70. The molecule has 32 heavy (non-hydrogen) atoms. The van der Waals surface area contributed by atoms with Crippen molar-refractivity contribution in [3.05, 3.63) is 71.3 Å². The molecule has 1 fully saturated rings. The number of benzene rings is 2. The molecule has 1 aliphatic rings. The molecule has 3 rings (SSSR count). The van der Waals surface area contributed by atoms with Crippen molar-refractivity contribution in [2.75, 3.05) is 27.2 Å². The number of guanidine groups is 1. The fraction of sp³-hybridized carbons (Fsp3) is 0.400. The van der Waals surface area contributed by atoms with Crippen LogP contribution in [0.5, 0.6) is 0 Å². The highest BCUT2D eigenvalue weighted by Crippen LogP contribution is 2.20. The van der Waals surface area contributed by atoms with Crippen LogP contribution in [0, 0.1) is 5.92 Å². The molecule has 7 heteroatoms. The zero-order chi connectivity index (χ0) is 22.8. The van der Waals surface area contributed by atoms with Gasteiger partial charge >= 0.3 is 5.97 Å². The van der Waals surface area contributed by atoms with Gasteiger partial charge in [0.2, 0.25) is 5.91 Å². The Bertz CT molecular complexity index is 922. The van der Waals surface area contributed by atoms with Gasteiger partial charge in [0.25, 0.3) is 0 Å². The number of rotatable bonds is 7. The van der Waals surface area contributed by atoms with Crippen LogP contribution in [0.4, 0.5) is 0 Å². The SMILES string of the molecule is CN=C(NCc1cccc(C(=O)OCc2ccccc2)c1)N1CCC(CC(=O)NC)CC1. The fourth-order valence-corrected chi connectivity index (χ4v) is 3.84. The predicted octanol–water partition coefficient (Wildman–Crippen LogP) is 2.97. The van der Waals surface area contributed by atoms with Crippen molar-refractivity contribution in [3.8, 4) is 0 Å². The van der Waals surface area contributed by atoms with Crippen LogP contribution in [0.3, 0.4) is 0 Å². The Hall–Kier alpha value is -3.35. The molecule has 170 valence electrons. The number of ether oxygens (including phenoxy) is 1. The summed E-state index contributed by atoms with van der Waals surface area (Å²) in [5, 5.41) is 6.09. The zero-order valence-corrected chi connectivity index (χ0v) is 18.8. The molecule has 1 amide bonds. The fourth-order valence-electron chi connectivity index (χ4n) is 3.84. The number of nitrogens with one attached hydrogen (secondary N) is 2. The van der Waals surface area contributed by atoms with Crippen molar-refractivity contribution in [2.45, 2.75) is 32.4 Å². The molecule has 2 aromatic rings. The number of likely N-dealkylation sites (tertiary alicyclic amines) is 1. The van der Waals surface area contributed by atoms with E-state index in [0.717, 1.165) is 43.0 Å². The topological polar surface area (TPSA) is 83.0 Å². The van der Waals surface area contributed by atoms with E-state index in [2.05, 4.69) is 20.5 Å². The van der Waals surface area contributed by atoms with Crippen molar-refractivity contribution in [1.29, 1.82) is 0 Å². The molecule has 0 bridgehead atoms. The quantitative estimate of drug-likeness (QED) is 0.396. The average Bonchev–Trinajstić information content (AvgIpc) is 2.84. The van der Waals surface area contributed by atoms with Gasteiger partial charge in [-0.2, -0.15) is 0 Å². The molecule has 0 atom stereocenters.